The van der Waals surface area contributed by atoms with Crippen LogP contribution in [0.2, 0.25) is 0 Å². The van der Waals surface area contributed by atoms with Gasteiger partial charge in [-0.15, -0.1) is 11.3 Å². The van der Waals surface area contributed by atoms with Crippen LogP contribution in [0.5, 0.6) is 0 Å². The molecule has 0 saturated heterocycles. The summed E-state index contributed by atoms with van der Waals surface area (Å²) in [5.41, 5.74) is 1.22. The molecule has 0 aliphatic heterocycles. The van der Waals surface area contributed by atoms with Crippen LogP contribution in [0.3, 0.4) is 0 Å². The quantitative estimate of drug-likeness (QED) is 0.904. The number of thiazole rings is 1. The number of aryl methyl sites for hydroxylation is 2. The molecule has 1 amide bonds. The fourth-order valence-corrected chi connectivity index (χ4v) is 2.21. The topological polar surface area (TPSA) is 77.2 Å². The van der Waals surface area contributed by atoms with Crippen molar-refractivity contribution in [1.82, 2.24) is 15.3 Å². The van der Waals surface area contributed by atoms with Crippen molar-refractivity contribution in [2.24, 2.45) is 0 Å². The van der Waals surface area contributed by atoms with E-state index in [1.54, 1.807) is 12.5 Å². The van der Waals surface area contributed by atoms with E-state index in [2.05, 4.69) is 15.3 Å². The summed E-state index contributed by atoms with van der Waals surface area (Å²) in [6, 6.07) is 0. The van der Waals surface area contributed by atoms with Gasteiger partial charge in [0.15, 0.2) is 0 Å². The van der Waals surface area contributed by atoms with Crippen LogP contribution < -0.4 is 5.32 Å². The van der Waals surface area contributed by atoms with E-state index < -0.39 is 0 Å². The van der Waals surface area contributed by atoms with Crippen molar-refractivity contribution in [3.05, 3.63) is 33.4 Å². The Hall–Kier alpha value is -1.73. The summed E-state index contributed by atoms with van der Waals surface area (Å²) in [5, 5.41) is 5.20. The van der Waals surface area contributed by atoms with Crippen molar-refractivity contribution in [3.63, 3.8) is 0 Å². The summed E-state index contributed by atoms with van der Waals surface area (Å²) in [5.74, 6) is 1.02. The summed E-state index contributed by atoms with van der Waals surface area (Å²) in [4.78, 5) is 20.2. The predicted molar refractivity (Wildman–Crippen MR) is 70.0 cm³/mol. The minimum absolute atomic E-state index is 0.243. The minimum Gasteiger partial charge on any atom is -0.444 e. The highest BCUT2D eigenvalue weighted by Crippen LogP contribution is 2.11. The number of hydrogen-bond acceptors (Lipinski definition) is 6. The van der Waals surface area contributed by atoms with Crippen LogP contribution in [0.4, 0.5) is 0 Å². The number of carbonyl (C=O) groups excluding carboxylic acids is 1. The van der Waals surface area contributed by atoms with E-state index in [0.29, 0.717) is 18.2 Å². The van der Waals surface area contributed by atoms with Crippen molar-refractivity contribution in [2.45, 2.75) is 27.0 Å². The zero-order valence-electron chi connectivity index (χ0n) is 11.0. The summed E-state index contributed by atoms with van der Waals surface area (Å²) >= 11 is 1.39. The van der Waals surface area contributed by atoms with E-state index in [-0.39, 0.29) is 12.5 Å². The minimum atomic E-state index is -0.243. The van der Waals surface area contributed by atoms with Gasteiger partial charge in [0.2, 0.25) is 5.89 Å². The Morgan fingerprint density at radius 1 is 1.47 bits per heavy atom. The van der Waals surface area contributed by atoms with Crippen molar-refractivity contribution in [1.29, 1.82) is 0 Å². The third kappa shape index (κ3) is 3.39. The number of nitrogens with one attached hydrogen (secondary N) is 1. The Kier molecular flexibility index (Phi) is 4.28. The van der Waals surface area contributed by atoms with Gasteiger partial charge in [-0.1, -0.05) is 0 Å². The highest BCUT2D eigenvalue weighted by atomic mass is 32.1. The van der Waals surface area contributed by atoms with Crippen LogP contribution in [0.25, 0.3) is 0 Å². The Labute approximate surface area is 114 Å². The maximum atomic E-state index is 11.9. The van der Waals surface area contributed by atoms with Crippen LogP contribution in [0.15, 0.2) is 9.80 Å². The standard InChI is InChI=1S/C12H15N3O3S/c1-7-8(2)18-10(14-7)4-13-12(16)9-6-19-11(15-9)5-17-3/h6H,4-5H2,1-3H3,(H,13,16). The maximum Gasteiger partial charge on any atom is 0.271 e. The zero-order valence-corrected chi connectivity index (χ0v) is 11.8. The smallest absolute Gasteiger partial charge is 0.271 e. The first-order valence-corrected chi connectivity index (χ1v) is 6.62. The number of aromatic nitrogens is 2. The van der Waals surface area contributed by atoms with Crippen LogP contribution >= 0.6 is 11.3 Å². The van der Waals surface area contributed by atoms with Crippen LogP contribution in [0, 0.1) is 13.8 Å². The molecule has 0 unspecified atom stereocenters. The fourth-order valence-electron chi connectivity index (χ4n) is 1.47. The molecule has 2 heterocycles. The molecule has 1 N–H and O–H groups in total. The molecule has 102 valence electrons. The molecule has 0 spiro atoms. The third-order valence-corrected chi connectivity index (χ3v) is 3.35. The Morgan fingerprint density at radius 2 is 2.26 bits per heavy atom. The van der Waals surface area contributed by atoms with E-state index in [0.717, 1.165) is 16.5 Å². The number of amides is 1. The van der Waals surface area contributed by atoms with E-state index in [9.17, 15) is 4.79 Å². The monoisotopic (exact) mass is 281 g/mol. The van der Waals surface area contributed by atoms with Crippen molar-refractivity contribution in [3.8, 4) is 0 Å². The molecule has 0 atom stereocenters. The third-order valence-electron chi connectivity index (χ3n) is 2.53. The summed E-state index contributed by atoms with van der Waals surface area (Å²) < 4.78 is 10.3. The van der Waals surface area contributed by atoms with Gasteiger partial charge in [0, 0.05) is 12.5 Å². The number of ether oxygens (including phenoxy) is 1. The number of rotatable bonds is 5. The number of hydrogen-bond donors (Lipinski definition) is 1. The molecular weight excluding hydrogens is 266 g/mol. The lowest BCUT2D eigenvalue weighted by Crippen LogP contribution is -2.23. The number of carbonyl (C=O) groups is 1. The van der Waals surface area contributed by atoms with E-state index in [1.807, 2.05) is 13.8 Å². The van der Waals surface area contributed by atoms with Crippen LogP contribution in [0.1, 0.15) is 32.8 Å². The second-order valence-corrected chi connectivity index (χ2v) is 4.93. The second kappa shape index (κ2) is 5.94. The Morgan fingerprint density at radius 3 is 2.89 bits per heavy atom. The molecule has 0 fully saturated rings. The molecule has 6 nitrogen and oxygen atoms in total. The van der Waals surface area contributed by atoms with E-state index in [1.165, 1.54) is 11.3 Å². The molecule has 2 aromatic rings. The molecule has 0 aliphatic carbocycles. The molecule has 7 heteroatoms. The van der Waals surface area contributed by atoms with Gasteiger partial charge in [-0.25, -0.2) is 9.97 Å². The normalized spacial score (nSPS) is 10.7. The van der Waals surface area contributed by atoms with E-state index >= 15 is 0 Å². The highest BCUT2D eigenvalue weighted by Gasteiger charge is 2.12. The average molecular weight is 281 g/mol. The first-order chi connectivity index (χ1) is 9.10. The summed E-state index contributed by atoms with van der Waals surface area (Å²) in [6.45, 7) is 4.37. The number of nitrogens with zero attached hydrogens (tertiary/aromatic N) is 2. The number of methoxy groups -OCH3 is 1. The Bertz CT molecular complexity index is 557. The highest BCUT2D eigenvalue weighted by molar-refractivity contribution is 7.09. The Balaban J connectivity index is 1.93. The van der Waals surface area contributed by atoms with Gasteiger partial charge < -0.3 is 14.5 Å². The van der Waals surface area contributed by atoms with Crippen LogP contribution in [-0.4, -0.2) is 23.0 Å². The average Bonchev–Trinajstić information content (AvgIpc) is 2.95. The van der Waals surface area contributed by atoms with Crippen LogP contribution in [-0.2, 0) is 17.9 Å². The summed E-state index contributed by atoms with van der Waals surface area (Å²) in [7, 11) is 1.59. The molecule has 19 heavy (non-hydrogen) atoms. The largest absolute Gasteiger partial charge is 0.444 e. The van der Waals surface area contributed by atoms with Gasteiger partial charge in [0.25, 0.3) is 5.91 Å². The molecule has 0 aromatic carbocycles. The van der Waals surface area contributed by atoms with Crippen molar-refractivity contribution < 1.29 is 13.9 Å². The molecule has 0 radical (unpaired) electrons. The molecule has 0 saturated carbocycles. The van der Waals surface area contributed by atoms with Crippen molar-refractivity contribution in [2.75, 3.05) is 7.11 Å². The van der Waals surface area contributed by atoms with Gasteiger partial charge in [-0.3, -0.25) is 4.79 Å². The fraction of sp³-hybridized carbons (Fsp3) is 0.417. The SMILES string of the molecule is COCc1nc(C(=O)NCc2nc(C)c(C)o2)cs1. The molecule has 0 bridgehead atoms. The lowest BCUT2D eigenvalue weighted by atomic mass is 10.4. The zero-order chi connectivity index (χ0) is 13.8. The molecule has 2 aromatic heterocycles. The van der Waals surface area contributed by atoms with Gasteiger partial charge in [-0.2, -0.15) is 0 Å². The lowest BCUT2D eigenvalue weighted by Gasteiger charge is -1.99. The van der Waals surface area contributed by atoms with Gasteiger partial charge in [0.05, 0.1) is 18.8 Å². The van der Waals surface area contributed by atoms with Gasteiger partial charge in [-0.05, 0) is 13.8 Å². The summed E-state index contributed by atoms with van der Waals surface area (Å²) in [6.07, 6.45) is 0. The van der Waals surface area contributed by atoms with Crippen molar-refractivity contribution >= 4 is 17.2 Å². The van der Waals surface area contributed by atoms with Gasteiger partial charge >= 0.3 is 0 Å². The lowest BCUT2D eigenvalue weighted by molar-refractivity contribution is 0.0942. The first kappa shape index (κ1) is 13.7. The first-order valence-electron chi connectivity index (χ1n) is 5.74. The maximum absolute atomic E-state index is 11.9. The number of oxazole rings is 1. The predicted octanol–water partition coefficient (Wildman–Crippen LogP) is 1.82. The molecule has 2 rings (SSSR count). The molecule has 0 aliphatic rings. The molecular formula is C12H15N3O3S. The van der Waals surface area contributed by atoms with Gasteiger partial charge in [0.1, 0.15) is 16.5 Å². The van der Waals surface area contributed by atoms with E-state index in [4.69, 9.17) is 9.15 Å². The second-order valence-electron chi connectivity index (χ2n) is 3.99.